The summed E-state index contributed by atoms with van der Waals surface area (Å²) in [5.74, 6) is 0.801. The van der Waals surface area contributed by atoms with Gasteiger partial charge in [-0.15, -0.1) is 0 Å². The molecule has 0 amide bonds. The second kappa shape index (κ2) is 4.75. The van der Waals surface area contributed by atoms with Crippen molar-refractivity contribution in [2.75, 3.05) is 13.2 Å². The Balaban J connectivity index is 2.16. The van der Waals surface area contributed by atoms with Crippen LogP contribution in [0, 0.1) is 0 Å². The predicted octanol–water partition coefficient (Wildman–Crippen LogP) is 2.00. The maximum Gasteiger partial charge on any atom is 0.121 e. The van der Waals surface area contributed by atoms with Crippen molar-refractivity contribution in [3.63, 3.8) is 0 Å². The Bertz CT molecular complexity index is 442. The van der Waals surface area contributed by atoms with Crippen LogP contribution in [0.2, 0.25) is 0 Å². The van der Waals surface area contributed by atoms with Gasteiger partial charge < -0.3 is 9.84 Å². The molecule has 0 bridgehead atoms. The Labute approximate surface area is 88.3 Å². The van der Waals surface area contributed by atoms with Crippen molar-refractivity contribution in [3.05, 3.63) is 36.5 Å². The summed E-state index contributed by atoms with van der Waals surface area (Å²) in [6.07, 6.45) is 2.42. The number of aromatic nitrogens is 1. The summed E-state index contributed by atoms with van der Waals surface area (Å²) < 4.78 is 5.45. The van der Waals surface area contributed by atoms with Crippen LogP contribution in [-0.2, 0) is 0 Å². The Morgan fingerprint density at radius 3 is 3.07 bits per heavy atom. The first-order chi connectivity index (χ1) is 7.40. The minimum Gasteiger partial charge on any atom is -0.493 e. The van der Waals surface area contributed by atoms with Crippen molar-refractivity contribution in [2.24, 2.45) is 0 Å². The minimum atomic E-state index is 0.159. The van der Waals surface area contributed by atoms with Gasteiger partial charge in [-0.3, -0.25) is 4.98 Å². The molecular weight excluding hydrogens is 190 g/mol. The van der Waals surface area contributed by atoms with Crippen molar-refractivity contribution in [3.8, 4) is 5.75 Å². The first kappa shape index (κ1) is 9.93. The predicted molar refractivity (Wildman–Crippen MR) is 58.9 cm³/mol. The Kier molecular flexibility index (Phi) is 3.15. The SMILES string of the molecule is OCCCOc1ccc2cccnc2c1. The third kappa shape index (κ3) is 2.44. The monoisotopic (exact) mass is 203 g/mol. The van der Waals surface area contributed by atoms with Gasteiger partial charge in [-0.2, -0.15) is 0 Å². The zero-order valence-electron chi connectivity index (χ0n) is 8.39. The van der Waals surface area contributed by atoms with Gasteiger partial charge in [0.05, 0.1) is 12.1 Å². The van der Waals surface area contributed by atoms with E-state index in [1.807, 2.05) is 30.3 Å². The van der Waals surface area contributed by atoms with Gasteiger partial charge in [-0.25, -0.2) is 0 Å². The summed E-state index contributed by atoms with van der Waals surface area (Å²) in [4.78, 5) is 4.24. The van der Waals surface area contributed by atoms with Crippen molar-refractivity contribution >= 4 is 10.9 Å². The molecule has 0 radical (unpaired) electrons. The zero-order chi connectivity index (χ0) is 10.5. The van der Waals surface area contributed by atoms with Gasteiger partial charge in [-0.1, -0.05) is 6.07 Å². The average Bonchev–Trinajstić information content (AvgIpc) is 2.29. The van der Waals surface area contributed by atoms with E-state index >= 15 is 0 Å². The maximum absolute atomic E-state index is 8.62. The summed E-state index contributed by atoms with van der Waals surface area (Å²) in [6, 6.07) is 9.74. The van der Waals surface area contributed by atoms with Crippen LogP contribution in [0.1, 0.15) is 6.42 Å². The Hall–Kier alpha value is -1.61. The fraction of sp³-hybridized carbons (Fsp3) is 0.250. The van der Waals surface area contributed by atoms with Crippen LogP contribution in [0.5, 0.6) is 5.75 Å². The minimum absolute atomic E-state index is 0.159. The molecule has 0 aliphatic carbocycles. The molecule has 0 fully saturated rings. The topological polar surface area (TPSA) is 42.4 Å². The molecule has 3 nitrogen and oxygen atoms in total. The van der Waals surface area contributed by atoms with E-state index in [4.69, 9.17) is 9.84 Å². The molecule has 1 heterocycles. The smallest absolute Gasteiger partial charge is 0.121 e. The van der Waals surface area contributed by atoms with Gasteiger partial charge in [0, 0.05) is 30.7 Å². The Morgan fingerprint density at radius 2 is 2.20 bits per heavy atom. The molecule has 1 N–H and O–H groups in total. The lowest BCUT2D eigenvalue weighted by molar-refractivity contribution is 0.233. The van der Waals surface area contributed by atoms with Gasteiger partial charge in [0.25, 0.3) is 0 Å². The third-order valence-electron chi connectivity index (χ3n) is 2.15. The Morgan fingerprint density at radius 1 is 1.27 bits per heavy atom. The number of hydrogen-bond acceptors (Lipinski definition) is 3. The second-order valence-electron chi connectivity index (χ2n) is 3.28. The molecule has 3 heteroatoms. The lowest BCUT2D eigenvalue weighted by Crippen LogP contribution is -1.99. The number of hydrogen-bond donors (Lipinski definition) is 1. The van der Waals surface area contributed by atoms with E-state index in [1.54, 1.807) is 6.20 Å². The molecule has 15 heavy (non-hydrogen) atoms. The summed E-state index contributed by atoms with van der Waals surface area (Å²) in [5.41, 5.74) is 0.930. The van der Waals surface area contributed by atoms with Gasteiger partial charge in [-0.05, 0) is 18.2 Å². The molecule has 0 aliphatic heterocycles. The van der Waals surface area contributed by atoms with E-state index in [0.29, 0.717) is 13.0 Å². The molecule has 0 saturated carbocycles. The maximum atomic E-state index is 8.62. The fourth-order valence-corrected chi connectivity index (χ4v) is 1.39. The van der Waals surface area contributed by atoms with Crippen LogP contribution < -0.4 is 4.74 Å². The van der Waals surface area contributed by atoms with E-state index < -0.39 is 0 Å². The summed E-state index contributed by atoms with van der Waals surface area (Å²) in [6.45, 7) is 0.695. The van der Waals surface area contributed by atoms with Crippen LogP contribution in [0.15, 0.2) is 36.5 Å². The molecule has 2 rings (SSSR count). The molecular formula is C12H13NO2. The standard InChI is InChI=1S/C12H13NO2/c14-7-2-8-15-11-5-4-10-3-1-6-13-12(10)9-11/h1,3-6,9,14H,2,7-8H2. The first-order valence-corrected chi connectivity index (χ1v) is 4.98. The molecule has 0 atom stereocenters. The van der Waals surface area contributed by atoms with Crippen molar-refractivity contribution < 1.29 is 9.84 Å². The number of ether oxygens (including phenoxy) is 1. The average molecular weight is 203 g/mol. The molecule has 0 spiro atoms. The molecule has 0 aliphatic rings. The fourth-order valence-electron chi connectivity index (χ4n) is 1.39. The van der Waals surface area contributed by atoms with Gasteiger partial charge in [0.1, 0.15) is 5.75 Å². The van der Waals surface area contributed by atoms with Crippen LogP contribution in [-0.4, -0.2) is 23.3 Å². The number of aliphatic hydroxyl groups is 1. The summed E-state index contributed by atoms with van der Waals surface area (Å²) >= 11 is 0. The van der Waals surface area contributed by atoms with Crippen LogP contribution >= 0.6 is 0 Å². The number of pyridine rings is 1. The highest BCUT2D eigenvalue weighted by Gasteiger charge is 1.97. The molecule has 2 aromatic rings. The van der Waals surface area contributed by atoms with Crippen molar-refractivity contribution in [1.29, 1.82) is 0 Å². The highest BCUT2D eigenvalue weighted by atomic mass is 16.5. The molecule has 1 aromatic heterocycles. The third-order valence-corrected chi connectivity index (χ3v) is 2.15. The lowest BCUT2D eigenvalue weighted by Gasteiger charge is -2.05. The van der Waals surface area contributed by atoms with Crippen LogP contribution in [0.25, 0.3) is 10.9 Å². The van der Waals surface area contributed by atoms with Crippen molar-refractivity contribution in [1.82, 2.24) is 4.98 Å². The lowest BCUT2D eigenvalue weighted by atomic mass is 10.2. The molecule has 0 saturated heterocycles. The number of fused-ring (bicyclic) bond motifs is 1. The quantitative estimate of drug-likeness (QED) is 0.773. The van der Waals surface area contributed by atoms with E-state index in [1.165, 1.54) is 0 Å². The van der Waals surface area contributed by atoms with Gasteiger partial charge in [0.2, 0.25) is 0 Å². The largest absolute Gasteiger partial charge is 0.493 e. The summed E-state index contributed by atoms with van der Waals surface area (Å²) in [7, 11) is 0. The first-order valence-electron chi connectivity index (χ1n) is 4.98. The number of rotatable bonds is 4. The highest BCUT2D eigenvalue weighted by Crippen LogP contribution is 2.18. The summed E-state index contributed by atoms with van der Waals surface area (Å²) in [5, 5.41) is 9.73. The molecule has 1 aromatic carbocycles. The van der Waals surface area contributed by atoms with Crippen molar-refractivity contribution in [2.45, 2.75) is 6.42 Å². The van der Waals surface area contributed by atoms with Crippen LogP contribution in [0.3, 0.4) is 0 Å². The molecule has 0 unspecified atom stereocenters. The zero-order valence-corrected chi connectivity index (χ0v) is 8.39. The number of benzene rings is 1. The number of nitrogens with zero attached hydrogens (tertiary/aromatic N) is 1. The van der Waals surface area contributed by atoms with E-state index in [0.717, 1.165) is 16.7 Å². The van der Waals surface area contributed by atoms with E-state index in [-0.39, 0.29) is 6.61 Å². The molecule has 78 valence electrons. The van der Waals surface area contributed by atoms with E-state index in [2.05, 4.69) is 4.98 Å². The van der Waals surface area contributed by atoms with Gasteiger partial charge in [0.15, 0.2) is 0 Å². The van der Waals surface area contributed by atoms with E-state index in [9.17, 15) is 0 Å². The second-order valence-corrected chi connectivity index (χ2v) is 3.28. The highest BCUT2D eigenvalue weighted by molar-refractivity contribution is 5.79. The normalized spacial score (nSPS) is 10.5. The van der Waals surface area contributed by atoms with Crippen LogP contribution in [0.4, 0.5) is 0 Å². The van der Waals surface area contributed by atoms with Gasteiger partial charge >= 0.3 is 0 Å². The number of aliphatic hydroxyl groups excluding tert-OH is 1.